The van der Waals surface area contributed by atoms with E-state index >= 15 is 0 Å². The molecule has 2 nitrogen and oxygen atoms in total. The third kappa shape index (κ3) is 2.79. The van der Waals surface area contributed by atoms with Crippen LogP contribution in [0.25, 0.3) is 0 Å². The summed E-state index contributed by atoms with van der Waals surface area (Å²) in [6, 6.07) is 2.44. The Morgan fingerprint density at radius 2 is 1.95 bits per heavy atom. The van der Waals surface area contributed by atoms with E-state index in [0.717, 1.165) is 25.6 Å². The SMILES string of the molecule is O=C(c1cc(Br)c(Br)s1)N1CCC[C@@H]2CCCC[C@@H]21. The van der Waals surface area contributed by atoms with Crippen LogP contribution in [0.2, 0.25) is 0 Å². The fourth-order valence-electron chi connectivity index (χ4n) is 3.47. The Labute approximate surface area is 134 Å². The lowest BCUT2D eigenvalue weighted by molar-refractivity contribution is 0.0395. The molecule has 0 aromatic carbocycles. The Balaban J connectivity index is 1.81. The van der Waals surface area contributed by atoms with E-state index < -0.39 is 0 Å². The average Bonchev–Trinajstić information content (AvgIpc) is 2.77. The fraction of sp³-hybridized carbons (Fsp3) is 0.643. The van der Waals surface area contributed by atoms with E-state index in [1.807, 2.05) is 6.07 Å². The molecule has 19 heavy (non-hydrogen) atoms. The predicted molar refractivity (Wildman–Crippen MR) is 85.7 cm³/mol. The normalized spacial score (nSPS) is 27.2. The maximum atomic E-state index is 12.7. The number of halogens is 2. The summed E-state index contributed by atoms with van der Waals surface area (Å²) in [4.78, 5) is 15.7. The third-order valence-corrected chi connectivity index (χ3v) is 7.60. The number of hydrogen-bond donors (Lipinski definition) is 0. The third-order valence-electron chi connectivity index (χ3n) is 4.36. The van der Waals surface area contributed by atoms with Gasteiger partial charge in [-0.2, -0.15) is 0 Å². The first-order valence-corrected chi connectivity index (χ1v) is 9.33. The summed E-state index contributed by atoms with van der Waals surface area (Å²) in [5.74, 6) is 0.978. The minimum Gasteiger partial charge on any atom is -0.335 e. The average molecular weight is 407 g/mol. The van der Waals surface area contributed by atoms with Crippen LogP contribution in [0.1, 0.15) is 48.2 Å². The molecule has 0 unspecified atom stereocenters. The second-order valence-electron chi connectivity index (χ2n) is 5.48. The van der Waals surface area contributed by atoms with Crippen molar-refractivity contribution in [3.63, 3.8) is 0 Å². The van der Waals surface area contributed by atoms with E-state index in [2.05, 4.69) is 36.8 Å². The van der Waals surface area contributed by atoms with Gasteiger partial charge in [0.25, 0.3) is 5.91 Å². The van der Waals surface area contributed by atoms with Gasteiger partial charge in [-0.25, -0.2) is 0 Å². The lowest BCUT2D eigenvalue weighted by Crippen LogP contribution is -2.49. The van der Waals surface area contributed by atoms with Crippen molar-refractivity contribution < 1.29 is 4.79 Å². The van der Waals surface area contributed by atoms with Crippen LogP contribution in [0, 0.1) is 5.92 Å². The maximum Gasteiger partial charge on any atom is 0.264 e. The number of carbonyl (C=O) groups is 1. The van der Waals surface area contributed by atoms with Crippen molar-refractivity contribution in [2.75, 3.05) is 6.54 Å². The van der Waals surface area contributed by atoms with Gasteiger partial charge in [0, 0.05) is 17.1 Å². The number of thiophene rings is 1. The number of nitrogens with zero attached hydrogens (tertiary/aromatic N) is 1. The zero-order chi connectivity index (χ0) is 13.4. The van der Waals surface area contributed by atoms with Crippen LogP contribution in [-0.2, 0) is 0 Å². The Morgan fingerprint density at radius 3 is 2.68 bits per heavy atom. The van der Waals surface area contributed by atoms with Crippen LogP contribution in [0.5, 0.6) is 0 Å². The van der Waals surface area contributed by atoms with Crippen LogP contribution in [0.4, 0.5) is 0 Å². The quantitative estimate of drug-likeness (QED) is 0.637. The van der Waals surface area contributed by atoms with Crippen LogP contribution >= 0.6 is 43.2 Å². The summed E-state index contributed by atoms with van der Waals surface area (Å²) in [6.07, 6.45) is 7.62. The number of amides is 1. The molecule has 0 N–H and O–H groups in total. The largest absolute Gasteiger partial charge is 0.335 e. The molecule has 3 rings (SSSR count). The smallest absolute Gasteiger partial charge is 0.264 e. The summed E-state index contributed by atoms with van der Waals surface area (Å²) in [6.45, 7) is 0.938. The van der Waals surface area contributed by atoms with Gasteiger partial charge < -0.3 is 4.90 Å². The van der Waals surface area contributed by atoms with E-state index in [0.29, 0.717) is 6.04 Å². The van der Waals surface area contributed by atoms with E-state index in [9.17, 15) is 4.79 Å². The first-order valence-electron chi connectivity index (χ1n) is 6.92. The first kappa shape index (κ1) is 14.1. The van der Waals surface area contributed by atoms with E-state index in [-0.39, 0.29) is 5.91 Å². The van der Waals surface area contributed by atoms with Crippen molar-refractivity contribution in [2.24, 2.45) is 5.92 Å². The van der Waals surface area contributed by atoms with Gasteiger partial charge >= 0.3 is 0 Å². The van der Waals surface area contributed by atoms with Gasteiger partial charge in [-0.05, 0) is 69.5 Å². The molecule has 5 heteroatoms. The molecule has 0 radical (unpaired) electrons. The Hall–Kier alpha value is 0.130. The summed E-state index contributed by atoms with van der Waals surface area (Å²) < 4.78 is 1.99. The predicted octanol–water partition coefficient (Wildman–Crippen LogP) is 5.07. The first-order chi connectivity index (χ1) is 9.16. The molecular formula is C14H17Br2NOS. The highest BCUT2D eigenvalue weighted by Gasteiger charge is 2.36. The standard InChI is InChI=1S/C14H17Br2NOS/c15-10-8-12(19-13(10)16)14(18)17-7-3-5-9-4-1-2-6-11(9)17/h8-9,11H,1-7H2/t9-,11-/m0/s1. The Kier molecular flexibility index (Phi) is 4.34. The second kappa shape index (κ2) is 5.86. The number of fused-ring (bicyclic) bond motifs is 1. The topological polar surface area (TPSA) is 20.3 Å². The molecule has 1 aliphatic heterocycles. The highest BCUT2D eigenvalue weighted by Crippen LogP contribution is 2.38. The van der Waals surface area contributed by atoms with Gasteiger partial charge in [-0.3, -0.25) is 4.79 Å². The number of piperidine rings is 1. The van der Waals surface area contributed by atoms with Crippen LogP contribution in [0.15, 0.2) is 14.3 Å². The van der Waals surface area contributed by atoms with Crippen molar-refractivity contribution in [1.82, 2.24) is 4.90 Å². The number of likely N-dealkylation sites (tertiary alicyclic amines) is 1. The molecule has 2 atom stereocenters. The molecule has 0 spiro atoms. The molecule has 104 valence electrons. The van der Waals surface area contributed by atoms with Gasteiger partial charge in [0.05, 0.1) is 8.66 Å². The van der Waals surface area contributed by atoms with Crippen molar-refractivity contribution in [1.29, 1.82) is 0 Å². The molecule has 1 saturated heterocycles. The molecule has 1 aliphatic carbocycles. The minimum atomic E-state index is 0.230. The van der Waals surface area contributed by atoms with Crippen molar-refractivity contribution in [3.05, 3.63) is 19.2 Å². The molecule has 1 amide bonds. The number of rotatable bonds is 1. The summed E-state index contributed by atoms with van der Waals surface area (Å²) in [5.41, 5.74) is 0. The molecule has 2 heterocycles. The second-order valence-corrected chi connectivity index (χ2v) is 8.71. The van der Waals surface area contributed by atoms with Crippen molar-refractivity contribution in [2.45, 2.75) is 44.6 Å². The molecule has 1 aromatic heterocycles. The molecule has 1 saturated carbocycles. The van der Waals surface area contributed by atoms with Crippen LogP contribution in [0.3, 0.4) is 0 Å². The monoisotopic (exact) mass is 405 g/mol. The Bertz CT molecular complexity index is 466. The molecule has 2 aliphatic rings. The maximum absolute atomic E-state index is 12.7. The highest BCUT2D eigenvalue weighted by atomic mass is 79.9. The fourth-order valence-corrected chi connectivity index (χ4v) is 5.46. The summed E-state index contributed by atoms with van der Waals surface area (Å²) in [7, 11) is 0. The van der Waals surface area contributed by atoms with Gasteiger partial charge in [-0.1, -0.05) is 12.8 Å². The summed E-state index contributed by atoms with van der Waals surface area (Å²) >= 11 is 8.48. The van der Waals surface area contributed by atoms with Crippen LogP contribution in [-0.4, -0.2) is 23.4 Å². The van der Waals surface area contributed by atoms with Crippen LogP contribution < -0.4 is 0 Å². The van der Waals surface area contributed by atoms with Gasteiger partial charge in [0.15, 0.2) is 0 Å². The number of hydrogen-bond acceptors (Lipinski definition) is 2. The minimum absolute atomic E-state index is 0.230. The molecule has 2 fully saturated rings. The zero-order valence-corrected chi connectivity index (χ0v) is 14.7. The highest BCUT2D eigenvalue weighted by molar-refractivity contribution is 9.13. The van der Waals surface area contributed by atoms with Gasteiger partial charge in [0.2, 0.25) is 0 Å². The van der Waals surface area contributed by atoms with Crippen molar-refractivity contribution >= 4 is 49.1 Å². The lowest BCUT2D eigenvalue weighted by atomic mass is 9.78. The van der Waals surface area contributed by atoms with E-state index in [4.69, 9.17) is 0 Å². The van der Waals surface area contributed by atoms with Gasteiger partial charge in [-0.15, -0.1) is 11.3 Å². The number of carbonyl (C=O) groups excluding carboxylic acids is 1. The lowest BCUT2D eigenvalue weighted by Gasteiger charge is -2.44. The molecular weight excluding hydrogens is 390 g/mol. The van der Waals surface area contributed by atoms with E-state index in [1.54, 1.807) is 0 Å². The molecule has 1 aromatic rings. The summed E-state index contributed by atoms with van der Waals surface area (Å²) in [5, 5.41) is 0. The molecule has 0 bridgehead atoms. The zero-order valence-electron chi connectivity index (χ0n) is 10.7. The van der Waals surface area contributed by atoms with E-state index in [1.165, 1.54) is 49.9 Å². The van der Waals surface area contributed by atoms with Gasteiger partial charge in [0.1, 0.15) is 0 Å². The van der Waals surface area contributed by atoms with Crippen molar-refractivity contribution in [3.8, 4) is 0 Å². The Morgan fingerprint density at radius 1 is 1.21 bits per heavy atom.